The molecule has 1 saturated heterocycles. The summed E-state index contributed by atoms with van der Waals surface area (Å²) in [5.41, 5.74) is 0.873. The van der Waals surface area contributed by atoms with Crippen molar-refractivity contribution < 1.29 is 9.47 Å². The van der Waals surface area contributed by atoms with Gasteiger partial charge in [0.15, 0.2) is 0 Å². The first-order valence-electron chi connectivity index (χ1n) is 7.14. The molecule has 5 heteroatoms. The summed E-state index contributed by atoms with van der Waals surface area (Å²) in [6.45, 7) is 8.63. The summed E-state index contributed by atoms with van der Waals surface area (Å²) in [7, 11) is 1.77. The van der Waals surface area contributed by atoms with Gasteiger partial charge in [-0.3, -0.25) is 4.98 Å². The van der Waals surface area contributed by atoms with Gasteiger partial charge in [-0.25, -0.2) is 4.98 Å². The summed E-state index contributed by atoms with van der Waals surface area (Å²) in [6, 6.07) is 0. The van der Waals surface area contributed by atoms with Gasteiger partial charge in [0.2, 0.25) is 0 Å². The molecule has 0 unspecified atom stereocenters. The highest BCUT2D eigenvalue weighted by Crippen LogP contribution is 2.25. The number of methoxy groups -OCH3 is 1. The van der Waals surface area contributed by atoms with Crippen molar-refractivity contribution in [3.63, 3.8) is 0 Å². The van der Waals surface area contributed by atoms with Crippen LogP contribution in [0.3, 0.4) is 0 Å². The summed E-state index contributed by atoms with van der Waals surface area (Å²) in [4.78, 5) is 8.91. The number of anilines is 1. The highest BCUT2D eigenvalue weighted by atomic mass is 16.5. The minimum atomic E-state index is -0.150. The lowest BCUT2D eigenvalue weighted by Gasteiger charge is -2.36. The molecule has 0 spiro atoms. The highest BCUT2D eigenvalue weighted by molar-refractivity contribution is 5.32. The summed E-state index contributed by atoms with van der Waals surface area (Å²) in [5.74, 6) is 0.793. The Bertz CT molecular complexity index is 420. The van der Waals surface area contributed by atoms with Crippen molar-refractivity contribution in [2.24, 2.45) is 0 Å². The number of hydrogen-bond donors (Lipinski definition) is 1. The molecule has 1 N–H and O–H groups in total. The van der Waals surface area contributed by atoms with E-state index in [0.717, 1.165) is 44.1 Å². The first-order valence-corrected chi connectivity index (χ1v) is 7.14. The number of nitrogens with zero attached hydrogens (tertiary/aromatic N) is 2. The lowest BCUT2D eigenvalue weighted by molar-refractivity contribution is -0.0807. The van der Waals surface area contributed by atoms with E-state index in [2.05, 4.69) is 36.1 Å². The Hall–Kier alpha value is -1.20. The Balaban J connectivity index is 1.96. The first kappa shape index (κ1) is 15.2. The van der Waals surface area contributed by atoms with E-state index in [-0.39, 0.29) is 11.0 Å². The smallest absolute Gasteiger partial charge is 0.144 e. The highest BCUT2D eigenvalue weighted by Gasteiger charge is 2.32. The molecule has 2 rings (SSSR count). The van der Waals surface area contributed by atoms with Crippen molar-refractivity contribution in [3.8, 4) is 0 Å². The Morgan fingerprint density at radius 3 is 2.45 bits per heavy atom. The Labute approximate surface area is 121 Å². The van der Waals surface area contributed by atoms with Crippen LogP contribution in [0.2, 0.25) is 0 Å². The lowest BCUT2D eigenvalue weighted by Crippen LogP contribution is -2.44. The molecular weight excluding hydrogens is 254 g/mol. The van der Waals surface area contributed by atoms with E-state index in [4.69, 9.17) is 9.47 Å². The summed E-state index contributed by atoms with van der Waals surface area (Å²) in [5, 5.41) is 3.33. The Morgan fingerprint density at radius 1 is 1.25 bits per heavy atom. The van der Waals surface area contributed by atoms with Crippen LogP contribution < -0.4 is 5.32 Å². The molecule has 5 nitrogen and oxygen atoms in total. The predicted octanol–water partition coefficient (Wildman–Crippen LogP) is 2.38. The molecule has 1 fully saturated rings. The van der Waals surface area contributed by atoms with E-state index >= 15 is 0 Å². The van der Waals surface area contributed by atoms with Crippen LogP contribution in [0.15, 0.2) is 12.4 Å². The third kappa shape index (κ3) is 3.67. The van der Waals surface area contributed by atoms with Crippen molar-refractivity contribution in [2.45, 2.75) is 44.6 Å². The van der Waals surface area contributed by atoms with Gasteiger partial charge in [0.05, 0.1) is 23.7 Å². The van der Waals surface area contributed by atoms with Gasteiger partial charge in [-0.1, -0.05) is 20.8 Å². The van der Waals surface area contributed by atoms with E-state index in [1.54, 1.807) is 13.3 Å². The van der Waals surface area contributed by atoms with Gasteiger partial charge in [-0.2, -0.15) is 0 Å². The van der Waals surface area contributed by atoms with Gasteiger partial charge < -0.3 is 14.8 Å². The number of nitrogens with one attached hydrogen (secondary N) is 1. The monoisotopic (exact) mass is 279 g/mol. The van der Waals surface area contributed by atoms with Crippen molar-refractivity contribution in [3.05, 3.63) is 18.1 Å². The average Bonchev–Trinajstić information content (AvgIpc) is 2.46. The normalized spacial score (nSPS) is 18.8. The van der Waals surface area contributed by atoms with Gasteiger partial charge in [0.1, 0.15) is 5.82 Å². The fourth-order valence-electron chi connectivity index (χ4n) is 2.25. The third-order valence-electron chi connectivity index (χ3n) is 3.85. The zero-order chi connectivity index (χ0) is 14.6. The molecule has 0 saturated carbocycles. The van der Waals surface area contributed by atoms with Gasteiger partial charge in [-0.05, 0) is 0 Å². The molecule has 1 aliphatic rings. The van der Waals surface area contributed by atoms with E-state index in [9.17, 15) is 0 Å². The Kier molecular flexibility index (Phi) is 4.60. The molecule has 0 amide bonds. The summed E-state index contributed by atoms with van der Waals surface area (Å²) >= 11 is 0. The maximum absolute atomic E-state index is 5.69. The molecule has 1 aromatic heterocycles. The van der Waals surface area contributed by atoms with Crippen LogP contribution in [0.1, 0.15) is 39.3 Å². The third-order valence-corrected chi connectivity index (χ3v) is 3.85. The fourth-order valence-corrected chi connectivity index (χ4v) is 2.25. The van der Waals surface area contributed by atoms with Crippen LogP contribution in [-0.4, -0.2) is 42.4 Å². The molecule has 0 radical (unpaired) electrons. The van der Waals surface area contributed by atoms with Crippen molar-refractivity contribution in [2.75, 3.05) is 32.2 Å². The van der Waals surface area contributed by atoms with E-state index in [0.29, 0.717) is 0 Å². The van der Waals surface area contributed by atoms with Crippen LogP contribution in [0.25, 0.3) is 0 Å². The number of rotatable bonds is 4. The van der Waals surface area contributed by atoms with Gasteiger partial charge >= 0.3 is 0 Å². The number of ether oxygens (including phenoxy) is 2. The van der Waals surface area contributed by atoms with Crippen LogP contribution in [0, 0.1) is 0 Å². The topological polar surface area (TPSA) is 56.3 Å². The van der Waals surface area contributed by atoms with Crippen LogP contribution in [0.4, 0.5) is 5.82 Å². The maximum Gasteiger partial charge on any atom is 0.144 e. The SMILES string of the molecule is COC1(CNc2cnc(C(C)(C)C)cn2)CCOCC1. The fraction of sp³-hybridized carbons (Fsp3) is 0.733. The van der Waals surface area contributed by atoms with Crippen molar-refractivity contribution in [1.82, 2.24) is 9.97 Å². The number of aromatic nitrogens is 2. The molecule has 2 heterocycles. The predicted molar refractivity (Wildman–Crippen MR) is 79.0 cm³/mol. The van der Waals surface area contributed by atoms with Crippen molar-refractivity contribution >= 4 is 5.82 Å². The van der Waals surface area contributed by atoms with Gasteiger partial charge in [-0.15, -0.1) is 0 Å². The standard InChI is InChI=1S/C15H25N3O2/c1-14(2,3)12-9-17-13(10-16-12)18-11-15(19-4)5-7-20-8-6-15/h9-10H,5-8,11H2,1-4H3,(H,17,18). The summed E-state index contributed by atoms with van der Waals surface area (Å²) < 4.78 is 11.1. The largest absolute Gasteiger partial charge is 0.381 e. The second-order valence-electron chi connectivity index (χ2n) is 6.39. The molecular formula is C15H25N3O2. The molecule has 1 aromatic rings. The van der Waals surface area contributed by atoms with Crippen LogP contribution >= 0.6 is 0 Å². The lowest BCUT2D eigenvalue weighted by atomic mass is 9.93. The van der Waals surface area contributed by atoms with Crippen molar-refractivity contribution in [1.29, 1.82) is 0 Å². The van der Waals surface area contributed by atoms with Gasteiger partial charge in [0.25, 0.3) is 0 Å². The molecule has 20 heavy (non-hydrogen) atoms. The van der Waals surface area contributed by atoms with Gasteiger partial charge in [0, 0.05) is 45.1 Å². The molecule has 0 aromatic carbocycles. The minimum Gasteiger partial charge on any atom is -0.381 e. The molecule has 112 valence electrons. The quantitative estimate of drug-likeness (QED) is 0.917. The maximum atomic E-state index is 5.69. The van der Waals surface area contributed by atoms with E-state index in [1.807, 2.05) is 6.20 Å². The average molecular weight is 279 g/mol. The molecule has 1 aliphatic heterocycles. The second-order valence-corrected chi connectivity index (χ2v) is 6.39. The zero-order valence-corrected chi connectivity index (χ0v) is 12.9. The van der Waals surface area contributed by atoms with E-state index in [1.165, 1.54) is 0 Å². The van der Waals surface area contributed by atoms with Crippen LogP contribution in [0.5, 0.6) is 0 Å². The second kappa shape index (κ2) is 6.06. The molecule has 0 atom stereocenters. The summed E-state index contributed by atoms with van der Waals surface area (Å²) in [6.07, 6.45) is 5.45. The van der Waals surface area contributed by atoms with E-state index < -0.39 is 0 Å². The molecule has 0 bridgehead atoms. The molecule has 0 aliphatic carbocycles. The minimum absolute atomic E-state index is 0.0278. The van der Waals surface area contributed by atoms with Crippen LogP contribution in [-0.2, 0) is 14.9 Å². The Morgan fingerprint density at radius 2 is 1.95 bits per heavy atom. The first-order chi connectivity index (χ1) is 9.45. The number of hydrogen-bond acceptors (Lipinski definition) is 5. The zero-order valence-electron chi connectivity index (χ0n) is 12.9.